The fourth-order valence-corrected chi connectivity index (χ4v) is 3.10. The molecular weight excluding hydrogens is 334 g/mol. The van der Waals surface area contributed by atoms with E-state index in [1.807, 2.05) is 45.2 Å². The van der Waals surface area contributed by atoms with E-state index in [9.17, 15) is 4.79 Å². The molecular formula is C18H25N5O3. The molecule has 1 saturated heterocycles. The summed E-state index contributed by atoms with van der Waals surface area (Å²) in [5.41, 5.74) is 1.32. The third kappa shape index (κ3) is 4.20. The molecule has 1 aliphatic heterocycles. The van der Waals surface area contributed by atoms with Crippen molar-refractivity contribution in [3.05, 3.63) is 30.1 Å². The predicted molar refractivity (Wildman–Crippen MR) is 98.0 cm³/mol. The molecule has 2 atom stereocenters. The molecule has 140 valence electrons. The zero-order valence-electron chi connectivity index (χ0n) is 15.4. The van der Waals surface area contributed by atoms with Crippen LogP contribution in [0, 0.1) is 0 Å². The van der Waals surface area contributed by atoms with Crippen LogP contribution in [0.4, 0.5) is 10.5 Å². The number of aryl methyl sites for hydroxylation is 1. The first-order valence-corrected chi connectivity index (χ1v) is 8.90. The predicted octanol–water partition coefficient (Wildman–Crippen LogP) is 2.14. The van der Waals surface area contributed by atoms with Gasteiger partial charge in [0, 0.05) is 26.1 Å². The molecule has 0 saturated carbocycles. The van der Waals surface area contributed by atoms with Gasteiger partial charge in [-0.05, 0) is 26.1 Å². The normalized spacial score (nSPS) is 20.3. The van der Waals surface area contributed by atoms with E-state index in [1.54, 1.807) is 0 Å². The number of para-hydroxylation sites is 1. The molecule has 2 heterocycles. The summed E-state index contributed by atoms with van der Waals surface area (Å²) in [7, 11) is 2.02. The lowest BCUT2D eigenvalue weighted by Gasteiger charge is -2.20. The number of likely N-dealkylation sites (N-methyl/N-ethyl adjacent to an activating group) is 1. The number of hydrogen-bond acceptors (Lipinski definition) is 6. The first-order chi connectivity index (χ1) is 12.6. The molecule has 26 heavy (non-hydrogen) atoms. The molecule has 3 rings (SSSR count). The second kappa shape index (κ2) is 8.29. The van der Waals surface area contributed by atoms with Gasteiger partial charge in [0.1, 0.15) is 0 Å². The van der Waals surface area contributed by atoms with Crippen molar-refractivity contribution in [3.8, 4) is 11.5 Å². The maximum absolute atomic E-state index is 12.5. The average Bonchev–Trinajstić information content (AvgIpc) is 3.22. The second-order valence-electron chi connectivity index (χ2n) is 6.33. The first-order valence-electron chi connectivity index (χ1n) is 8.90. The van der Waals surface area contributed by atoms with Gasteiger partial charge in [-0.3, -0.25) is 0 Å². The van der Waals surface area contributed by atoms with Gasteiger partial charge < -0.3 is 24.8 Å². The Bertz CT molecular complexity index is 748. The number of urea groups is 1. The van der Waals surface area contributed by atoms with Crippen molar-refractivity contribution in [1.29, 1.82) is 0 Å². The highest BCUT2D eigenvalue weighted by molar-refractivity contribution is 5.93. The van der Waals surface area contributed by atoms with E-state index in [2.05, 4.69) is 25.7 Å². The van der Waals surface area contributed by atoms with Crippen LogP contribution in [0.5, 0.6) is 0 Å². The molecule has 1 aliphatic rings. The summed E-state index contributed by atoms with van der Waals surface area (Å²) >= 11 is 0. The second-order valence-corrected chi connectivity index (χ2v) is 6.33. The Balaban J connectivity index is 1.70. The number of hydrogen-bond donors (Lipinski definition) is 2. The molecule has 1 aromatic carbocycles. The summed E-state index contributed by atoms with van der Waals surface area (Å²) < 4.78 is 11.0. The highest BCUT2D eigenvalue weighted by Gasteiger charge is 2.32. The number of likely N-dealkylation sites (tertiary alicyclic amines) is 1. The van der Waals surface area contributed by atoms with Crippen LogP contribution in [0.1, 0.15) is 19.7 Å². The number of nitrogens with one attached hydrogen (secondary N) is 2. The molecule has 8 nitrogen and oxygen atoms in total. The van der Waals surface area contributed by atoms with Gasteiger partial charge in [0.05, 0.1) is 23.4 Å². The number of rotatable bonds is 6. The van der Waals surface area contributed by atoms with E-state index in [1.165, 1.54) is 0 Å². The van der Waals surface area contributed by atoms with E-state index in [0.29, 0.717) is 36.0 Å². The zero-order valence-corrected chi connectivity index (χ0v) is 15.4. The fraction of sp³-hybridized carbons (Fsp3) is 0.500. The van der Waals surface area contributed by atoms with Crippen molar-refractivity contribution < 1.29 is 14.1 Å². The molecule has 1 fully saturated rings. The molecule has 2 aromatic rings. The van der Waals surface area contributed by atoms with Crippen LogP contribution >= 0.6 is 0 Å². The van der Waals surface area contributed by atoms with Gasteiger partial charge >= 0.3 is 6.03 Å². The van der Waals surface area contributed by atoms with Crippen LogP contribution in [0.15, 0.2) is 28.8 Å². The van der Waals surface area contributed by atoms with Crippen LogP contribution in [0.3, 0.4) is 0 Å². The quantitative estimate of drug-likeness (QED) is 0.821. The molecule has 0 spiro atoms. The fourth-order valence-electron chi connectivity index (χ4n) is 3.10. The van der Waals surface area contributed by atoms with Crippen LogP contribution in [-0.4, -0.2) is 60.0 Å². The topological polar surface area (TPSA) is 92.5 Å². The Hall–Kier alpha value is -2.45. The molecule has 2 N–H and O–H groups in total. The van der Waals surface area contributed by atoms with Crippen molar-refractivity contribution in [2.24, 2.45) is 0 Å². The summed E-state index contributed by atoms with van der Waals surface area (Å²) in [4.78, 5) is 19.0. The Morgan fingerprint density at radius 3 is 2.88 bits per heavy atom. The van der Waals surface area contributed by atoms with Gasteiger partial charge in [0.25, 0.3) is 5.89 Å². The number of nitrogens with zero attached hydrogens (tertiary/aromatic N) is 3. The third-order valence-electron chi connectivity index (χ3n) is 4.34. The average molecular weight is 359 g/mol. The first kappa shape index (κ1) is 18.3. The minimum Gasteiger partial charge on any atom is -0.375 e. The summed E-state index contributed by atoms with van der Waals surface area (Å²) in [5, 5.41) is 9.81. The van der Waals surface area contributed by atoms with Gasteiger partial charge in [-0.15, -0.1) is 0 Å². The highest BCUT2D eigenvalue weighted by atomic mass is 16.5. The number of ether oxygens (including phenoxy) is 1. The standard InChI is InChI=1S/C18H25N5O3/c1-4-16-21-17(26-22-16)12-8-6-7-9-13(12)19-18(24)20-14-10-23(3)11-15(14)25-5-2/h6-9,14-15H,4-5,10-11H2,1-3H3,(H2,19,20,24)/t14-,15-/m0/s1. The van der Waals surface area contributed by atoms with Crippen LogP contribution < -0.4 is 10.6 Å². The van der Waals surface area contributed by atoms with Crippen LogP contribution in [0.25, 0.3) is 11.5 Å². The largest absolute Gasteiger partial charge is 0.375 e. The maximum Gasteiger partial charge on any atom is 0.319 e. The number of anilines is 1. The number of carbonyl (C=O) groups is 1. The van der Waals surface area contributed by atoms with Crippen molar-refractivity contribution >= 4 is 11.7 Å². The van der Waals surface area contributed by atoms with Gasteiger partial charge in [-0.25, -0.2) is 4.79 Å². The van der Waals surface area contributed by atoms with Crippen LogP contribution in [-0.2, 0) is 11.2 Å². The van der Waals surface area contributed by atoms with Gasteiger partial charge in [-0.2, -0.15) is 4.98 Å². The Labute approximate surface area is 152 Å². The summed E-state index contributed by atoms with van der Waals surface area (Å²) in [6.07, 6.45) is 0.683. The Morgan fingerprint density at radius 2 is 2.15 bits per heavy atom. The number of amides is 2. The van der Waals surface area contributed by atoms with Crippen LogP contribution in [0.2, 0.25) is 0 Å². The number of aromatic nitrogens is 2. The number of carbonyl (C=O) groups excluding carboxylic acids is 1. The van der Waals surface area contributed by atoms with E-state index in [-0.39, 0.29) is 18.2 Å². The smallest absolute Gasteiger partial charge is 0.319 e. The van der Waals surface area contributed by atoms with E-state index >= 15 is 0 Å². The minimum atomic E-state index is -0.280. The molecule has 1 aromatic heterocycles. The minimum absolute atomic E-state index is 0.00551. The lowest BCUT2D eigenvalue weighted by atomic mass is 10.1. The summed E-state index contributed by atoms with van der Waals surface area (Å²) in [5.74, 6) is 1.03. The SMILES string of the molecule is CCO[C@H]1CN(C)C[C@@H]1NC(=O)Nc1ccccc1-c1nc(CC)no1. The molecule has 2 amide bonds. The zero-order chi connectivity index (χ0) is 18.5. The van der Waals surface area contributed by atoms with Crippen molar-refractivity contribution in [1.82, 2.24) is 20.4 Å². The van der Waals surface area contributed by atoms with E-state index in [0.717, 1.165) is 13.1 Å². The summed E-state index contributed by atoms with van der Waals surface area (Å²) in [6.45, 7) is 6.10. The van der Waals surface area contributed by atoms with Gasteiger partial charge in [-0.1, -0.05) is 24.2 Å². The highest BCUT2D eigenvalue weighted by Crippen LogP contribution is 2.26. The molecule has 0 aliphatic carbocycles. The Kier molecular flexibility index (Phi) is 5.85. The lowest BCUT2D eigenvalue weighted by molar-refractivity contribution is 0.0568. The third-order valence-corrected chi connectivity index (χ3v) is 4.34. The number of benzene rings is 1. The lowest BCUT2D eigenvalue weighted by Crippen LogP contribution is -2.45. The van der Waals surface area contributed by atoms with Crippen molar-refractivity contribution in [2.45, 2.75) is 32.4 Å². The van der Waals surface area contributed by atoms with E-state index in [4.69, 9.17) is 9.26 Å². The molecule has 0 unspecified atom stereocenters. The maximum atomic E-state index is 12.5. The van der Waals surface area contributed by atoms with E-state index < -0.39 is 0 Å². The monoisotopic (exact) mass is 359 g/mol. The van der Waals surface area contributed by atoms with Crippen molar-refractivity contribution in [3.63, 3.8) is 0 Å². The Morgan fingerprint density at radius 1 is 1.35 bits per heavy atom. The summed E-state index contributed by atoms with van der Waals surface area (Å²) in [6, 6.07) is 7.04. The molecule has 0 radical (unpaired) electrons. The van der Waals surface area contributed by atoms with Gasteiger partial charge in [0.2, 0.25) is 0 Å². The molecule has 8 heteroatoms. The molecule has 0 bridgehead atoms. The van der Waals surface area contributed by atoms with Gasteiger partial charge in [0.15, 0.2) is 5.82 Å². The van der Waals surface area contributed by atoms with Crippen molar-refractivity contribution in [2.75, 3.05) is 32.1 Å².